The van der Waals surface area contributed by atoms with Crippen LogP contribution in [0.5, 0.6) is 0 Å². The lowest BCUT2D eigenvalue weighted by molar-refractivity contribution is 0.100. The summed E-state index contributed by atoms with van der Waals surface area (Å²) in [5.41, 5.74) is 6.51. The molecule has 0 bridgehead atoms. The quantitative estimate of drug-likeness (QED) is 0.880. The highest BCUT2D eigenvalue weighted by Crippen LogP contribution is 2.23. The van der Waals surface area contributed by atoms with Gasteiger partial charge < -0.3 is 11.1 Å². The number of hydrogen-bond acceptors (Lipinski definition) is 4. The molecule has 3 N–H and O–H groups in total. The van der Waals surface area contributed by atoms with Gasteiger partial charge in [0.1, 0.15) is 5.56 Å². The molecule has 2 aromatic rings. The van der Waals surface area contributed by atoms with Gasteiger partial charge in [-0.1, -0.05) is 18.2 Å². The molecule has 1 aromatic heterocycles. The van der Waals surface area contributed by atoms with Crippen molar-refractivity contribution in [2.75, 3.05) is 5.32 Å². The number of rotatable bonds is 5. The Morgan fingerprint density at radius 1 is 1.38 bits per heavy atom. The van der Waals surface area contributed by atoms with Crippen molar-refractivity contribution in [1.82, 2.24) is 9.78 Å². The summed E-state index contributed by atoms with van der Waals surface area (Å²) in [5.74, 6) is -0.391. The van der Waals surface area contributed by atoms with Crippen LogP contribution in [0.25, 0.3) is 0 Å². The predicted octanol–water partition coefficient (Wildman–Crippen LogP) is 2.45. The van der Waals surface area contributed by atoms with Crippen molar-refractivity contribution in [2.45, 2.75) is 19.9 Å². The van der Waals surface area contributed by atoms with Crippen LogP contribution in [-0.4, -0.2) is 15.7 Å². The second kappa shape index (κ2) is 6.09. The van der Waals surface area contributed by atoms with Gasteiger partial charge in [-0.15, -0.1) is 0 Å². The van der Waals surface area contributed by atoms with Crippen LogP contribution in [0.15, 0.2) is 36.5 Å². The molecular weight excluding hydrogens is 266 g/mol. The average Bonchev–Trinajstić information content (AvgIpc) is 2.90. The average molecular weight is 283 g/mol. The highest BCUT2D eigenvalue weighted by molar-refractivity contribution is 5.98. The summed E-state index contributed by atoms with van der Waals surface area (Å²) in [4.78, 5) is 11.6. The molecule has 0 unspecified atom stereocenters. The van der Waals surface area contributed by atoms with E-state index < -0.39 is 5.91 Å². The molecule has 0 aliphatic rings. The Labute approximate surface area is 123 Å². The van der Waals surface area contributed by atoms with E-state index in [1.54, 1.807) is 17.8 Å². The second-order valence-corrected chi connectivity index (χ2v) is 4.89. The SMILES string of the molecule is C[C@@H](C#N)[C@H](C)n1cc(C(N)=O)c(Nc2ccccc2)n1. The van der Waals surface area contributed by atoms with Crippen molar-refractivity contribution in [1.29, 1.82) is 5.26 Å². The normalized spacial score (nSPS) is 13.2. The van der Waals surface area contributed by atoms with Gasteiger partial charge in [0.25, 0.3) is 5.91 Å². The van der Waals surface area contributed by atoms with Crippen LogP contribution in [0.3, 0.4) is 0 Å². The zero-order chi connectivity index (χ0) is 15.4. The molecule has 6 heteroatoms. The number of benzene rings is 1. The molecule has 1 amide bonds. The van der Waals surface area contributed by atoms with Crippen LogP contribution in [0.1, 0.15) is 30.2 Å². The lowest BCUT2D eigenvalue weighted by Gasteiger charge is -2.13. The van der Waals surface area contributed by atoms with Crippen LogP contribution in [0.4, 0.5) is 11.5 Å². The van der Waals surface area contributed by atoms with E-state index in [0.717, 1.165) is 5.69 Å². The Morgan fingerprint density at radius 3 is 2.62 bits per heavy atom. The number of carbonyl (C=O) groups is 1. The minimum Gasteiger partial charge on any atom is -0.365 e. The molecule has 21 heavy (non-hydrogen) atoms. The second-order valence-electron chi connectivity index (χ2n) is 4.89. The van der Waals surface area contributed by atoms with E-state index in [4.69, 9.17) is 11.0 Å². The summed E-state index contributed by atoms with van der Waals surface area (Å²) in [6.07, 6.45) is 1.58. The van der Waals surface area contributed by atoms with Gasteiger partial charge in [0.2, 0.25) is 0 Å². The predicted molar refractivity (Wildman–Crippen MR) is 80.0 cm³/mol. The largest absolute Gasteiger partial charge is 0.365 e. The van der Waals surface area contributed by atoms with E-state index in [2.05, 4.69) is 16.5 Å². The molecule has 108 valence electrons. The van der Waals surface area contributed by atoms with E-state index in [0.29, 0.717) is 11.4 Å². The van der Waals surface area contributed by atoms with Crippen molar-refractivity contribution < 1.29 is 4.79 Å². The molecule has 0 spiro atoms. The number of nitrogens with two attached hydrogens (primary N) is 1. The van der Waals surface area contributed by atoms with Crippen LogP contribution in [-0.2, 0) is 0 Å². The van der Waals surface area contributed by atoms with Gasteiger partial charge in [-0.2, -0.15) is 10.4 Å². The van der Waals surface area contributed by atoms with Gasteiger partial charge in [0.15, 0.2) is 5.82 Å². The number of hydrogen-bond donors (Lipinski definition) is 2. The molecule has 0 fully saturated rings. The van der Waals surface area contributed by atoms with Crippen LogP contribution in [0, 0.1) is 17.2 Å². The van der Waals surface area contributed by atoms with Gasteiger partial charge >= 0.3 is 0 Å². The Bertz CT molecular complexity index is 671. The minimum atomic E-state index is -0.559. The van der Waals surface area contributed by atoms with E-state index in [-0.39, 0.29) is 12.0 Å². The topological polar surface area (TPSA) is 96.7 Å². The maximum atomic E-state index is 11.6. The van der Waals surface area contributed by atoms with E-state index in [9.17, 15) is 4.79 Å². The number of nitriles is 1. The molecule has 1 heterocycles. The first-order valence-corrected chi connectivity index (χ1v) is 6.63. The fourth-order valence-corrected chi connectivity index (χ4v) is 1.87. The highest BCUT2D eigenvalue weighted by atomic mass is 16.1. The molecule has 0 saturated heterocycles. The summed E-state index contributed by atoms with van der Waals surface area (Å²) in [7, 11) is 0. The van der Waals surface area contributed by atoms with Crippen molar-refractivity contribution in [3.05, 3.63) is 42.1 Å². The van der Waals surface area contributed by atoms with E-state index >= 15 is 0 Å². The molecule has 1 aromatic carbocycles. The molecule has 0 aliphatic heterocycles. The molecule has 0 aliphatic carbocycles. The number of amides is 1. The van der Waals surface area contributed by atoms with E-state index in [1.165, 1.54) is 0 Å². The number of nitrogens with zero attached hydrogens (tertiary/aromatic N) is 3. The molecule has 0 saturated carbocycles. The van der Waals surface area contributed by atoms with Crippen LogP contribution >= 0.6 is 0 Å². The van der Waals surface area contributed by atoms with Gasteiger partial charge in [-0.3, -0.25) is 9.48 Å². The van der Waals surface area contributed by atoms with Crippen molar-refractivity contribution in [3.8, 4) is 6.07 Å². The maximum Gasteiger partial charge on any atom is 0.254 e. The lowest BCUT2D eigenvalue weighted by atomic mass is 10.1. The lowest BCUT2D eigenvalue weighted by Crippen LogP contribution is -2.14. The number of para-hydroxylation sites is 1. The van der Waals surface area contributed by atoms with Crippen molar-refractivity contribution >= 4 is 17.4 Å². The molecule has 2 rings (SSSR count). The van der Waals surface area contributed by atoms with E-state index in [1.807, 2.05) is 37.3 Å². The van der Waals surface area contributed by atoms with Crippen molar-refractivity contribution in [3.63, 3.8) is 0 Å². The van der Waals surface area contributed by atoms with Gasteiger partial charge in [0, 0.05) is 11.9 Å². The third-order valence-electron chi connectivity index (χ3n) is 3.38. The minimum absolute atomic E-state index is 0.153. The third-order valence-corrected chi connectivity index (χ3v) is 3.38. The highest BCUT2D eigenvalue weighted by Gasteiger charge is 2.20. The molecule has 2 atom stereocenters. The number of nitrogens with one attached hydrogen (secondary N) is 1. The summed E-state index contributed by atoms with van der Waals surface area (Å²) in [5, 5.41) is 16.4. The third kappa shape index (κ3) is 3.20. The fourth-order valence-electron chi connectivity index (χ4n) is 1.87. The first kappa shape index (κ1) is 14.6. The molecule has 0 radical (unpaired) electrons. The Balaban J connectivity index is 2.34. The fraction of sp³-hybridized carbons (Fsp3) is 0.267. The molecule has 6 nitrogen and oxygen atoms in total. The number of primary amides is 1. The van der Waals surface area contributed by atoms with Crippen LogP contribution < -0.4 is 11.1 Å². The standard InChI is InChI=1S/C15H17N5O/c1-10(8-16)11(2)20-9-13(14(17)21)15(19-20)18-12-6-4-3-5-7-12/h3-7,9-11H,1-2H3,(H2,17,21)(H,18,19)/t10-,11-/m0/s1. The van der Waals surface area contributed by atoms with Gasteiger partial charge in [-0.25, -0.2) is 0 Å². The first-order chi connectivity index (χ1) is 10.0. The van der Waals surface area contributed by atoms with Crippen LogP contribution in [0.2, 0.25) is 0 Å². The summed E-state index contributed by atoms with van der Waals surface area (Å²) >= 11 is 0. The number of anilines is 2. The zero-order valence-electron chi connectivity index (χ0n) is 11.9. The summed E-state index contributed by atoms with van der Waals surface area (Å²) in [6, 6.07) is 11.4. The summed E-state index contributed by atoms with van der Waals surface area (Å²) < 4.78 is 1.60. The monoisotopic (exact) mass is 283 g/mol. The Hall–Kier alpha value is -2.81. The molecular formula is C15H17N5O. The van der Waals surface area contributed by atoms with Gasteiger partial charge in [-0.05, 0) is 26.0 Å². The zero-order valence-corrected chi connectivity index (χ0v) is 11.9. The number of aromatic nitrogens is 2. The Morgan fingerprint density at radius 2 is 2.05 bits per heavy atom. The van der Waals surface area contributed by atoms with Crippen molar-refractivity contribution in [2.24, 2.45) is 11.7 Å². The first-order valence-electron chi connectivity index (χ1n) is 6.63. The smallest absolute Gasteiger partial charge is 0.254 e. The summed E-state index contributed by atoms with van der Waals surface area (Å²) in [6.45, 7) is 3.68. The number of carbonyl (C=O) groups excluding carboxylic acids is 1. The Kier molecular flexibility index (Phi) is 4.24. The van der Waals surface area contributed by atoms with Gasteiger partial charge in [0.05, 0.1) is 18.0 Å². The maximum absolute atomic E-state index is 11.6.